The second-order valence-corrected chi connectivity index (χ2v) is 6.86. The molecule has 3 N–H and O–H groups in total. The quantitative estimate of drug-likeness (QED) is 0.742. The summed E-state index contributed by atoms with van der Waals surface area (Å²) < 4.78 is 21.6. The lowest BCUT2D eigenvalue weighted by atomic mass is 10.2. The van der Waals surface area contributed by atoms with Gasteiger partial charge in [0.25, 0.3) is 5.56 Å². The van der Waals surface area contributed by atoms with Crippen molar-refractivity contribution >= 4 is 20.9 Å². The van der Waals surface area contributed by atoms with Crippen molar-refractivity contribution in [2.75, 3.05) is 0 Å². The largest absolute Gasteiger partial charge is 0.313 e. The SMILES string of the molecule is CCc1ccc(S(N)(=O)=O)cc1.Cc1ccc2c(=O)[nH]cnc2c1. The van der Waals surface area contributed by atoms with E-state index in [1.54, 1.807) is 18.2 Å². The van der Waals surface area contributed by atoms with Crippen LogP contribution >= 0.6 is 0 Å². The molecule has 1 aromatic heterocycles. The number of aryl methyl sites for hydroxylation is 2. The van der Waals surface area contributed by atoms with Gasteiger partial charge in [-0.25, -0.2) is 18.5 Å². The Bertz CT molecular complexity index is 994. The monoisotopic (exact) mass is 345 g/mol. The van der Waals surface area contributed by atoms with Crippen LogP contribution in [0.3, 0.4) is 0 Å². The minimum absolute atomic E-state index is 0.0833. The van der Waals surface area contributed by atoms with Crippen molar-refractivity contribution < 1.29 is 8.42 Å². The van der Waals surface area contributed by atoms with E-state index in [1.165, 1.54) is 18.5 Å². The molecule has 0 spiro atoms. The molecular weight excluding hydrogens is 326 g/mol. The maximum Gasteiger partial charge on any atom is 0.258 e. The summed E-state index contributed by atoms with van der Waals surface area (Å²) in [4.78, 5) is 17.9. The van der Waals surface area contributed by atoms with Crippen LogP contribution in [0.2, 0.25) is 0 Å². The van der Waals surface area contributed by atoms with Gasteiger partial charge in [0.2, 0.25) is 10.0 Å². The number of hydrogen-bond acceptors (Lipinski definition) is 4. The third-order valence-corrected chi connectivity index (χ3v) is 4.39. The van der Waals surface area contributed by atoms with E-state index in [4.69, 9.17) is 5.14 Å². The molecule has 0 saturated heterocycles. The van der Waals surface area contributed by atoms with Crippen LogP contribution in [0.1, 0.15) is 18.1 Å². The number of aromatic nitrogens is 2. The average molecular weight is 345 g/mol. The van der Waals surface area contributed by atoms with E-state index < -0.39 is 10.0 Å². The topological polar surface area (TPSA) is 106 Å². The highest BCUT2D eigenvalue weighted by Gasteiger charge is 2.05. The van der Waals surface area contributed by atoms with Gasteiger partial charge in [0.15, 0.2) is 0 Å². The van der Waals surface area contributed by atoms with Gasteiger partial charge in [-0.3, -0.25) is 4.79 Å². The summed E-state index contributed by atoms with van der Waals surface area (Å²) in [5.74, 6) is 0. The Kier molecular flexibility index (Phi) is 5.48. The number of fused-ring (bicyclic) bond motifs is 1. The summed E-state index contributed by atoms with van der Waals surface area (Å²) in [6.45, 7) is 3.98. The van der Waals surface area contributed by atoms with Crippen molar-refractivity contribution in [2.45, 2.75) is 25.2 Å². The zero-order valence-electron chi connectivity index (χ0n) is 13.5. The molecule has 0 aliphatic carbocycles. The van der Waals surface area contributed by atoms with Crippen LogP contribution in [0, 0.1) is 6.92 Å². The molecule has 24 heavy (non-hydrogen) atoms. The predicted octanol–water partition coefficient (Wildman–Crippen LogP) is 2.13. The van der Waals surface area contributed by atoms with Gasteiger partial charge in [0, 0.05) is 0 Å². The number of primary sulfonamides is 1. The molecule has 1 heterocycles. The Labute approximate surface area is 140 Å². The van der Waals surface area contributed by atoms with Crippen LogP contribution in [0.15, 0.2) is 58.5 Å². The normalized spacial score (nSPS) is 11.0. The van der Waals surface area contributed by atoms with Crippen molar-refractivity contribution in [1.29, 1.82) is 0 Å². The van der Waals surface area contributed by atoms with Crippen LogP contribution < -0.4 is 10.7 Å². The number of nitrogens with zero attached hydrogens (tertiary/aromatic N) is 1. The molecule has 0 bridgehead atoms. The van der Waals surface area contributed by atoms with E-state index in [0.717, 1.165) is 23.1 Å². The molecule has 2 aromatic carbocycles. The van der Waals surface area contributed by atoms with Crippen molar-refractivity contribution in [1.82, 2.24) is 9.97 Å². The number of nitrogens with one attached hydrogen (secondary N) is 1. The highest BCUT2D eigenvalue weighted by Crippen LogP contribution is 2.09. The van der Waals surface area contributed by atoms with Gasteiger partial charge >= 0.3 is 0 Å². The van der Waals surface area contributed by atoms with E-state index in [9.17, 15) is 13.2 Å². The molecule has 0 aliphatic heterocycles. The minimum Gasteiger partial charge on any atom is -0.313 e. The fourth-order valence-electron chi connectivity index (χ4n) is 2.09. The van der Waals surface area contributed by atoms with Crippen LogP contribution in [-0.2, 0) is 16.4 Å². The lowest BCUT2D eigenvalue weighted by Crippen LogP contribution is -2.11. The van der Waals surface area contributed by atoms with E-state index in [1.807, 2.05) is 26.0 Å². The lowest BCUT2D eigenvalue weighted by Gasteiger charge is -1.98. The summed E-state index contributed by atoms with van der Waals surface area (Å²) >= 11 is 0. The zero-order chi connectivity index (χ0) is 17.7. The van der Waals surface area contributed by atoms with Crippen LogP contribution in [0.4, 0.5) is 0 Å². The Morgan fingerprint density at radius 1 is 1.12 bits per heavy atom. The van der Waals surface area contributed by atoms with Gasteiger partial charge in [-0.15, -0.1) is 0 Å². The number of rotatable bonds is 2. The number of benzene rings is 2. The molecule has 0 fully saturated rings. The standard InChI is InChI=1S/C9H8N2O.C8H11NO2S/c1-6-2-3-7-8(4-6)10-5-11-9(7)12;1-2-7-3-5-8(6-4-7)12(9,10)11/h2-5H,1H3,(H,10,11,12);3-6H,2H2,1H3,(H2,9,10,11). The van der Waals surface area contributed by atoms with E-state index in [-0.39, 0.29) is 10.5 Å². The first-order chi connectivity index (χ1) is 11.3. The number of H-pyrrole nitrogens is 1. The number of nitrogens with two attached hydrogens (primary N) is 1. The van der Waals surface area contributed by atoms with E-state index in [0.29, 0.717) is 5.39 Å². The van der Waals surface area contributed by atoms with Gasteiger partial charge in [0.05, 0.1) is 22.1 Å². The van der Waals surface area contributed by atoms with Crippen molar-refractivity contribution in [3.05, 3.63) is 70.3 Å². The third kappa shape index (κ3) is 4.50. The van der Waals surface area contributed by atoms with Crippen molar-refractivity contribution in [3.8, 4) is 0 Å². The summed E-state index contributed by atoms with van der Waals surface area (Å²) in [5.41, 5.74) is 2.88. The van der Waals surface area contributed by atoms with Gasteiger partial charge in [0.1, 0.15) is 0 Å². The molecule has 0 atom stereocenters. The predicted molar refractivity (Wildman–Crippen MR) is 94.3 cm³/mol. The molecule has 3 rings (SSSR count). The Morgan fingerprint density at radius 2 is 1.79 bits per heavy atom. The van der Waals surface area contributed by atoms with Crippen molar-refractivity contribution in [2.24, 2.45) is 5.14 Å². The van der Waals surface area contributed by atoms with Crippen molar-refractivity contribution in [3.63, 3.8) is 0 Å². The molecule has 0 aliphatic rings. The molecule has 0 amide bonds. The first-order valence-corrected chi connectivity index (χ1v) is 8.91. The fraction of sp³-hybridized carbons (Fsp3) is 0.176. The molecular formula is C17H19N3O3S. The summed E-state index contributed by atoms with van der Waals surface area (Å²) in [7, 11) is -3.53. The Morgan fingerprint density at radius 3 is 2.38 bits per heavy atom. The third-order valence-electron chi connectivity index (χ3n) is 3.46. The summed E-state index contributed by atoms with van der Waals surface area (Å²) in [6.07, 6.45) is 2.31. The first-order valence-electron chi connectivity index (χ1n) is 7.37. The first kappa shape index (κ1) is 17.8. The second kappa shape index (κ2) is 7.37. The molecule has 3 aromatic rings. The molecule has 126 valence electrons. The molecule has 0 saturated carbocycles. The fourth-order valence-corrected chi connectivity index (χ4v) is 2.61. The highest BCUT2D eigenvalue weighted by molar-refractivity contribution is 7.89. The Balaban J connectivity index is 0.000000174. The van der Waals surface area contributed by atoms with Gasteiger partial charge in [-0.2, -0.15) is 0 Å². The lowest BCUT2D eigenvalue weighted by molar-refractivity contribution is 0.598. The number of sulfonamides is 1. The van der Waals surface area contributed by atoms with Gasteiger partial charge in [-0.1, -0.05) is 25.1 Å². The maximum absolute atomic E-state index is 11.2. The second-order valence-electron chi connectivity index (χ2n) is 5.29. The van der Waals surface area contributed by atoms with E-state index in [2.05, 4.69) is 9.97 Å². The van der Waals surface area contributed by atoms with Crippen LogP contribution in [0.5, 0.6) is 0 Å². The average Bonchev–Trinajstić information content (AvgIpc) is 2.55. The molecule has 0 radical (unpaired) electrons. The smallest absolute Gasteiger partial charge is 0.258 e. The molecule has 0 unspecified atom stereocenters. The van der Waals surface area contributed by atoms with Gasteiger partial charge < -0.3 is 4.98 Å². The van der Waals surface area contributed by atoms with E-state index >= 15 is 0 Å². The van der Waals surface area contributed by atoms with Crippen LogP contribution in [-0.4, -0.2) is 18.4 Å². The molecule has 6 nitrogen and oxygen atoms in total. The zero-order valence-corrected chi connectivity index (χ0v) is 14.3. The highest BCUT2D eigenvalue weighted by atomic mass is 32.2. The van der Waals surface area contributed by atoms with Crippen LogP contribution in [0.25, 0.3) is 10.9 Å². The summed E-state index contributed by atoms with van der Waals surface area (Å²) in [5, 5.41) is 5.56. The minimum atomic E-state index is -3.53. The molecule has 7 heteroatoms. The number of hydrogen-bond donors (Lipinski definition) is 2. The Hall–Kier alpha value is -2.51. The number of aromatic amines is 1. The van der Waals surface area contributed by atoms with Gasteiger partial charge in [-0.05, 0) is 48.7 Å². The summed E-state index contributed by atoms with van der Waals surface area (Å²) in [6, 6.07) is 12.2. The maximum atomic E-state index is 11.2.